The summed E-state index contributed by atoms with van der Waals surface area (Å²) in [5.74, 6) is 0.845. The summed E-state index contributed by atoms with van der Waals surface area (Å²) in [4.78, 5) is 12.3. The zero-order chi connectivity index (χ0) is 22.8. The van der Waals surface area contributed by atoms with Gasteiger partial charge in [0, 0.05) is 42.0 Å². The molecule has 0 aliphatic carbocycles. The molecule has 0 radical (unpaired) electrons. The molecule has 0 spiro atoms. The van der Waals surface area contributed by atoms with Crippen molar-refractivity contribution in [3.63, 3.8) is 0 Å². The minimum atomic E-state index is -2.76. The Morgan fingerprint density at radius 2 is 1.94 bits per heavy atom. The molecule has 33 heavy (non-hydrogen) atoms. The van der Waals surface area contributed by atoms with Crippen LogP contribution >= 0.6 is 0 Å². The lowest BCUT2D eigenvalue weighted by Gasteiger charge is -2.28. The zero-order valence-electron chi connectivity index (χ0n) is 17.9. The van der Waals surface area contributed by atoms with Crippen LogP contribution in [0.2, 0.25) is 0 Å². The molecule has 4 aromatic rings. The molecular weight excluding hydrogens is 438 g/mol. The van der Waals surface area contributed by atoms with E-state index in [0.717, 1.165) is 52.3 Å². The quantitative estimate of drug-likeness (QED) is 0.464. The number of nitrogens with zero attached hydrogens (tertiary/aromatic N) is 6. The Morgan fingerprint density at radius 3 is 2.64 bits per heavy atom. The van der Waals surface area contributed by atoms with Gasteiger partial charge in [-0.25, -0.2) is 9.19 Å². The number of H-pyrrole nitrogens is 1. The van der Waals surface area contributed by atoms with Crippen molar-refractivity contribution >= 4 is 26.4 Å². The number of hydrogen-bond acceptors (Lipinski definition) is 8. The van der Waals surface area contributed by atoms with Gasteiger partial charge in [0.25, 0.3) is 0 Å². The number of nitrogens with one attached hydrogen (secondary N) is 1. The van der Waals surface area contributed by atoms with E-state index < -0.39 is 9.73 Å². The maximum atomic E-state index is 12.6. The Labute approximate surface area is 191 Å². The molecule has 3 aromatic heterocycles. The van der Waals surface area contributed by atoms with Gasteiger partial charge in [-0.05, 0) is 41.5 Å². The number of rotatable bonds is 4. The molecule has 0 amide bonds. The van der Waals surface area contributed by atoms with Gasteiger partial charge in [-0.3, -0.25) is 10.1 Å². The van der Waals surface area contributed by atoms with Crippen molar-refractivity contribution in [3.8, 4) is 28.7 Å². The first-order valence-electron chi connectivity index (χ1n) is 10.4. The van der Waals surface area contributed by atoms with Gasteiger partial charge in [-0.15, -0.1) is 4.36 Å². The molecule has 1 aliphatic rings. The number of hydrogen-bond donors (Lipinski definition) is 1. The molecule has 5 rings (SSSR count). The smallest absolute Gasteiger partial charge is 0.214 e. The van der Waals surface area contributed by atoms with Crippen LogP contribution in [0.3, 0.4) is 0 Å². The van der Waals surface area contributed by atoms with E-state index in [2.05, 4.69) is 30.5 Å². The Balaban J connectivity index is 1.71. The van der Waals surface area contributed by atoms with Crippen molar-refractivity contribution in [1.29, 1.82) is 5.26 Å². The molecule has 1 fully saturated rings. The second-order valence-corrected chi connectivity index (χ2v) is 9.93. The van der Waals surface area contributed by atoms with Crippen LogP contribution in [-0.4, -0.2) is 56.9 Å². The van der Waals surface area contributed by atoms with Crippen molar-refractivity contribution in [2.75, 3.05) is 37.5 Å². The monoisotopic (exact) mass is 459 g/mol. The highest BCUT2D eigenvalue weighted by Gasteiger charge is 2.19. The molecule has 166 valence electrons. The minimum absolute atomic E-state index is 0.513. The van der Waals surface area contributed by atoms with E-state index in [4.69, 9.17) is 15.0 Å². The predicted octanol–water partition coefficient (Wildman–Crippen LogP) is 3.46. The third-order valence-electron chi connectivity index (χ3n) is 5.62. The summed E-state index contributed by atoms with van der Waals surface area (Å²) >= 11 is 0. The third kappa shape index (κ3) is 4.04. The minimum Gasteiger partial charge on any atom is -0.378 e. The van der Waals surface area contributed by atoms with E-state index in [0.29, 0.717) is 18.1 Å². The summed E-state index contributed by atoms with van der Waals surface area (Å²) in [7, 11) is -2.76. The van der Waals surface area contributed by atoms with Gasteiger partial charge in [0.2, 0.25) is 6.19 Å². The van der Waals surface area contributed by atoms with Gasteiger partial charge in [0.1, 0.15) is 17.0 Å². The number of anilines is 1. The Hall–Kier alpha value is -3.81. The second-order valence-electron chi connectivity index (χ2n) is 7.67. The molecule has 1 aliphatic heterocycles. The molecule has 9 nitrogen and oxygen atoms in total. The molecule has 10 heteroatoms. The first-order chi connectivity index (χ1) is 16.1. The topological polar surface area (TPSA) is 120 Å². The first-order valence-corrected chi connectivity index (χ1v) is 12.3. The summed E-state index contributed by atoms with van der Waals surface area (Å²) in [6, 6.07) is 13.2. The van der Waals surface area contributed by atoms with Crippen LogP contribution in [0.1, 0.15) is 0 Å². The van der Waals surface area contributed by atoms with Crippen molar-refractivity contribution < 1.29 is 8.95 Å². The van der Waals surface area contributed by atoms with Crippen LogP contribution in [0.4, 0.5) is 5.82 Å². The van der Waals surface area contributed by atoms with Gasteiger partial charge >= 0.3 is 0 Å². The van der Waals surface area contributed by atoms with E-state index in [9.17, 15) is 4.21 Å². The van der Waals surface area contributed by atoms with E-state index >= 15 is 0 Å². The number of nitriles is 1. The fourth-order valence-electron chi connectivity index (χ4n) is 3.93. The fourth-order valence-corrected chi connectivity index (χ4v) is 4.84. The van der Waals surface area contributed by atoms with Gasteiger partial charge in [0.15, 0.2) is 0 Å². The molecule has 1 N–H and O–H groups in total. The number of morpholine rings is 1. The summed E-state index contributed by atoms with van der Waals surface area (Å²) in [5, 5.41) is 16.8. The van der Waals surface area contributed by atoms with E-state index in [-0.39, 0.29) is 0 Å². The lowest BCUT2D eigenvalue weighted by Crippen LogP contribution is -2.36. The highest BCUT2D eigenvalue weighted by Crippen LogP contribution is 2.35. The number of fused-ring (bicyclic) bond motifs is 1. The SMILES string of the molecule is CS(=O)(=NC#N)c1ccc(-c2cc(N3CCOCC3)nc3c(-c4ccn[nH]4)nccc23)cc1. The lowest BCUT2D eigenvalue weighted by atomic mass is 10.00. The van der Waals surface area contributed by atoms with E-state index in [1.807, 2.05) is 24.3 Å². The Morgan fingerprint density at radius 1 is 1.15 bits per heavy atom. The highest BCUT2D eigenvalue weighted by atomic mass is 32.2. The van der Waals surface area contributed by atoms with Crippen molar-refractivity contribution in [3.05, 3.63) is 54.9 Å². The molecule has 1 saturated heterocycles. The summed E-state index contributed by atoms with van der Waals surface area (Å²) < 4.78 is 21.7. The molecule has 1 unspecified atom stereocenters. The molecule has 0 bridgehead atoms. The van der Waals surface area contributed by atoms with Gasteiger partial charge in [-0.1, -0.05) is 12.1 Å². The standard InChI is InChI=1S/C23H21N7O2S/c1-33(31,27-15-24)17-4-2-16(3-5-17)19-14-21(30-10-12-32-13-11-30)28-22-18(19)6-8-25-23(22)20-7-9-26-29-20/h2-9,14H,10-13H2,1H3,(H,26,29). The molecular formula is C23H21N7O2S. The van der Waals surface area contributed by atoms with Crippen LogP contribution in [0.25, 0.3) is 33.4 Å². The number of pyridine rings is 2. The second kappa shape index (κ2) is 8.61. The number of aromatic amines is 1. The van der Waals surface area contributed by atoms with Gasteiger partial charge < -0.3 is 9.64 Å². The number of aromatic nitrogens is 4. The molecule has 1 aromatic carbocycles. The van der Waals surface area contributed by atoms with Crippen molar-refractivity contribution in [2.24, 2.45) is 4.36 Å². The summed E-state index contributed by atoms with van der Waals surface area (Å²) in [6.07, 6.45) is 6.57. The lowest BCUT2D eigenvalue weighted by molar-refractivity contribution is 0.122. The number of ether oxygens (including phenoxy) is 1. The Bertz CT molecular complexity index is 1460. The van der Waals surface area contributed by atoms with E-state index in [1.54, 1.807) is 30.7 Å². The molecule has 4 heterocycles. The first kappa shape index (κ1) is 21.1. The van der Waals surface area contributed by atoms with Crippen LogP contribution in [0.15, 0.2) is 64.1 Å². The normalized spacial score (nSPS) is 15.7. The van der Waals surface area contributed by atoms with Crippen LogP contribution < -0.4 is 4.90 Å². The summed E-state index contributed by atoms with van der Waals surface area (Å²) in [6.45, 7) is 2.81. The average molecular weight is 460 g/mol. The van der Waals surface area contributed by atoms with Crippen molar-refractivity contribution in [1.82, 2.24) is 20.2 Å². The van der Waals surface area contributed by atoms with E-state index in [1.165, 1.54) is 6.26 Å². The average Bonchev–Trinajstić information content (AvgIpc) is 3.38. The highest BCUT2D eigenvalue weighted by molar-refractivity contribution is 7.93. The molecule has 0 saturated carbocycles. The largest absolute Gasteiger partial charge is 0.378 e. The fraction of sp³-hybridized carbons (Fsp3) is 0.217. The van der Waals surface area contributed by atoms with Crippen molar-refractivity contribution in [2.45, 2.75) is 4.90 Å². The number of benzene rings is 1. The zero-order valence-corrected chi connectivity index (χ0v) is 18.7. The Kier molecular flexibility index (Phi) is 5.50. The van der Waals surface area contributed by atoms with Crippen LogP contribution in [0.5, 0.6) is 0 Å². The van der Waals surface area contributed by atoms with Crippen LogP contribution in [0, 0.1) is 11.5 Å². The molecule has 1 atom stereocenters. The van der Waals surface area contributed by atoms with Gasteiger partial charge in [0.05, 0.1) is 28.6 Å². The van der Waals surface area contributed by atoms with Gasteiger partial charge in [-0.2, -0.15) is 10.4 Å². The maximum absolute atomic E-state index is 12.6. The predicted molar refractivity (Wildman–Crippen MR) is 126 cm³/mol. The third-order valence-corrected chi connectivity index (χ3v) is 7.20. The summed E-state index contributed by atoms with van der Waals surface area (Å²) in [5.41, 5.74) is 4.20. The maximum Gasteiger partial charge on any atom is 0.214 e. The van der Waals surface area contributed by atoms with Crippen LogP contribution in [-0.2, 0) is 14.5 Å².